The maximum absolute atomic E-state index is 12.2. The summed E-state index contributed by atoms with van der Waals surface area (Å²) in [6.45, 7) is 0. The molecule has 0 atom stereocenters. The molecule has 0 bridgehead atoms. The van der Waals surface area contributed by atoms with Gasteiger partial charge in [0.1, 0.15) is 23.0 Å². The van der Waals surface area contributed by atoms with Crippen molar-refractivity contribution in [1.82, 2.24) is 0 Å². The molecule has 1 N–H and O–H groups in total. The Morgan fingerprint density at radius 3 is 1.64 bits per heavy atom. The summed E-state index contributed by atoms with van der Waals surface area (Å²) < 4.78 is 20.8. The van der Waals surface area contributed by atoms with Gasteiger partial charge < -0.3 is 24.3 Å². The van der Waals surface area contributed by atoms with Gasteiger partial charge in [-0.2, -0.15) is 0 Å². The molecule has 1 amide bonds. The van der Waals surface area contributed by atoms with Crippen LogP contribution in [0.1, 0.15) is 5.56 Å². The van der Waals surface area contributed by atoms with Crippen LogP contribution in [0, 0.1) is 0 Å². The van der Waals surface area contributed by atoms with E-state index in [1.165, 1.54) is 6.08 Å². The molecule has 0 unspecified atom stereocenters. The van der Waals surface area contributed by atoms with Crippen molar-refractivity contribution in [2.75, 3.05) is 33.8 Å². The van der Waals surface area contributed by atoms with Gasteiger partial charge in [-0.3, -0.25) is 4.79 Å². The Labute approximate surface area is 147 Å². The molecule has 0 aromatic heterocycles. The molecule has 0 heterocycles. The van der Waals surface area contributed by atoms with E-state index in [1.54, 1.807) is 70.9 Å². The summed E-state index contributed by atoms with van der Waals surface area (Å²) in [5.74, 6) is 2.21. The Balaban J connectivity index is 2.13. The third-order valence-electron chi connectivity index (χ3n) is 3.42. The fourth-order valence-corrected chi connectivity index (χ4v) is 2.16. The molecule has 2 rings (SSSR count). The highest BCUT2D eigenvalue weighted by Crippen LogP contribution is 2.26. The molecule has 0 aliphatic rings. The molecule has 0 spiro atoms. The minimum atomic E-state index is -0.280. The van der Waals surface area contributed by atoms with Crippen LogP contribution in [0.25, 0.3) is 6.08 Å². The molecule has 132 valence electrons. The van der Waals surface area contributed by atoms with Gasteiger partial charge in [-0.05, 0) is 23.8 Å². The fourth-order valence-electron chi connectivity index (χ4n) is 2.16. The Hall–Kier alpha value is -3.15. The summed E-state index contributed by atoms with van der Waals surface area (Å²) in [6.07, 6.45) is 3.11. The van der Waals surface area contributed by atoms with Crippen LogP contribution in [-0.2, 0) is 4.79 Å². The number of ether oxygens (including phenoxy) is 4. The van der Waals surface area contributed by atoms with Crippen molar-refractivity contribution in [3.63, 3.8) is 0 Å². The Morgan fingerprint density at radius 1 is 0.760 bits per heavy atom. The van der Waals surface area contributed by atoms with Gasteiger partial charge in [0.15, 0.2) is 0 Å². The zero-order valence-electron chi connectivity index (χ0n) is 14.7. The first-order valence-electron chi connectivity index (χ1n) is 7.53. The average molecular weight is 343 g/mol. The van der Waals surface area contributed by atoms with Crippen LogP contribution >= 0.6 is 0 Å². The SMILES string of the molecule is COc1cc(/C=C/C(=O)Nc2cc(OC)cc(OC)c2)cc(OC)c1. The summed E-state index contributed by atoms with van der Waals surface area (Å²) in [7, 11) is 6.25. The number of hydrogen-bond acceptors (Lipinski definition) is 5. The molecule has 2 aromatic carbocycles. The molecule has 0 aliphatic carbocycles. The van der Waals surface area contributed by atoms with E-state index in [-0.39, 0.29) is 5.91 Å². The summed E-state index contributed by atoms with van der Waals surface area (Å²) >= 11 is 0. The lowest BCUT2D eigenvalue weighted by Crippen LogP contribution is -2.08. The normalized spacial score (nSPS) is 10.4. The highest BCUT2D eigenvalue weighted by molar-refractivity contribution is 6.02. The molecule has 6 heteroatoms. The van der Waals surface area contributed by atoms with E-state index in [9.17, 15) is 4.79 Å². The van der Waals surface area contributed by atoms with Crippen LogP contribution in [-0.4, -0.2) is 34.3 Å². The second kappa shape index (κ2) is 8.63. The van der Waals surface area contributed by atoms with Gasteiger partial charge in [-0.15, -0.1) is 0 Å². The number of hydrogen-bond donors (Lipinski definition) is 1. The zero-order valence-corrected chi connectivity index (χ0v) is 14.7. The van der Waals surface area contributed by atoms with Crippen LogP contribution in [0.5, 0.6) is 23.0 Å². The van der Waals surface area contributed by atoms with Crippen LogP contribution in [0.4, 0.5) is 5.69 Å². The predicted molar refractivity (Wildman–Crippen MR) is 96.8 cm³/mol. The van der Waals surface area contributed by atoms with E-state index in [0.29, 0.717) is 28.7 Å². The van der Waals surface area contributed by atoms with E-state index in [2.05, 4.69) is 5.32 Å². The predicted octanol–water partition coefficient (Wildman–Crippen LogP) is 3.37. The quantitative estimate of drug-likeness (QED) is 0.781. The minimum Gasteiger partial charge on any atom is -0.497 e. The van der Waals surface area contributed by atoms with Crippen molar-refractivity contribution in [3.8, 4) is 23.0 Å². The molecule has 25 heavy (non-hydrogen) atoms. The largest absolute Gasteiger partial charge is 0.497 e. The first-order valence-corrected chi connectivity index (χ1v) is 7.53. The Kier molecular flexibility index (Phi) is 6.28. The Bertz CT molecular complexity index is 726. The molecule has 6 nitrogen and oxygen atoms in total. The van der Waals surface area contributed by atoms with Crippen molar-refractivity contribution in [1.29, 1.82) is 0 Å². The molecule has 0 radical (unpaired) electrons. The summed E-state index contributed by atoms with van der Waals surface area (Å²) in [6, 6.07) is 10.5. The molecular formula is C19H21NO5. The van der Waals surface area contributed by atoms with Gasteiger partial charge in [0.25, 0.3) is 0 Å². The van der Waals surface area contributed by atoms with Gasteiger partial charge in [-0.1, -0.05) is 0 Å². The van der Waals surface area contributed by atoms with Gasteiger partial charge in [-0.25, -0.2) is 0 Å². The summed E-state index contributed by atoms with van der Waals surface area (Å²) in [5, 5.41) is 2.77. The number of methoxy groups -OCH3 is 4. The minimum absolute atomic E-state index is 0.280. The van der Waals surface area contributed by atoms with Gasteiger partial charge in [0, 0.05) is 36.0 Å². The first-order chi connectivity index (χ1) is 12.1. The van der Waals surface area contributed by atoms with E-state index >= 15 is 0 Å². The number of anilines is 1. The van der Waals surface area contributed by atoms with Crippen molar-refractivity contribution < 1.29 is 23.7 Å². The maximum atomic E-state index is 12.2. The van der Waals surface area contributed by atoms with Crippen molar-refractivity contribution in [2.24, 2.45) is 0 Å². The lowest BCUT2D eigenvalue weighted by Gasteiger charge is -2.09. The second-order valence-corrected chi connectivity index (χ2v) is 5.07. The number of rotatable bonds is 7. The average Bonchev–Trinajstić information content (AvgIpc) is 2.65. The summed E-state index contributed by atoms with van der Waals surface area (Å²) in [4.78, 5) is 12.2. The molecule has 0 saturated carbocycles. The molecule has 0 fully saturated rings. The van der Waals surface area contributed by atoms with Crippen molar-refractivity contribution >= 4 is 17.7 Å². The topological polar surface area (TPSA) is 66.0 Å². The van der Waals surface area contributed by atoms with E-state index in [1.807, 2.05) is 0 Å². The lowest BCUT2D eigenvalue weighted by atomic mass is 10.2. The fraction of sp³-hybridized carbons (Fsp3) is 0.211. The number of nitrogens with one attached hydrogen (secondary N) is 1. The zero-order chi connectivity index (χ0) is 18.2. The monoisotopic (exact) mass is 343 g/mol. The molecule has 0 aliphatic heterocycles. The second-order valence-electron chi connectivity index (χ2n) is 5.07. The van der Waals surface area contributed by atoms with Crippen LogP contribution < -0.4 is 24.3 Å². The third kappa shape index (κ3) is 5.17. The van der Waals surface area contributed by atoms with Gasteiger partial charge >= 0.3 is 0 Å². The number of carbonyl (C=O) groups is 1. The molecular weight excluding hydrogens is 322 g/mol. The highest BCUT2D eigenvalue weighted by atomic mass is 16.5. The Morgan fingerprint density at radius 2 is 1.20 bits per heavy atom. The smallest absolute Gasteiger partial charge is 0.248 e. The van der Waals surface area contributed by atoms with E-state index in [0.717, 1.165) is 5.56 Å². The van der Waals surface area contributed by atoms with E-state index in [4.69, 9.17) is 18.9 Å². The standard InChI is InChI=1S/C19H21NO5/c1-22-15-7-13(8-16(11-15)23-2)5-6-19(21)20-14-9-17(24-3)12-18(10-14)25-4/h5-12H,1-4H3,(H,20,21)/b6-5+. The number of benzene rings is 2. The lowest BCUT2D eigenvalue weighted by molar-refractivity contribution is -0.111. The maximum Gasteiger partial charge on any atom is 0.248 e. The third-order valence-corrected chi connectivity index (χ3v) is 3.42. The summed E-state index contributed by atoms with van der Waals surface area (Å²) in [5.41, 5.74) is 1.36. The first kappa shape index (κ1) is 18.2. The van der Waals surface area contributed by atoms with Gasteiger partial charge in [0.05, 0.1) is 28.4 Å². The van der Waals surface area contributed by atoms with Crippen LogP contribution in [0.3, 0.4) is 0 Å². The van der Waals surface area contributed by atoms with Crippen molar-refractivity contribution in [3.05, 3.63) is 48.0 Å². The molecule has 0 saturated heterocycles. The van der Waals surface area contributed by atoms with E-state index < -0.39 is 0 Å². The van der Waals surface area contributed by atoms with Gasteiger partial charge in [0.2, 0.25) is 5.91 Å². The highest BCUT2D eigenvalue weighted by Gasteiger charge is 2.05. The van der Waals surface area contributed by atoms with Crippen LogP contribution in [0.2, 0.25) is 0 Å². The van der Waals surface area contributed by atoms with Crippen molar-refractivity contribution in [2.45, 2.75) is 0 Å². The number of amides is 1. The van der Waals surface area contributed by atoms with Crippen LogP contribution in [0.15, 0.2) is 42.5 Å². The number of carbonyl (C=O) groups excluding carboxylic acids is 1. The molecule has 2 aromatic rings.